The number of hydrogen-bond acceptors (Lipinski definition) is 7. The van der Waals surface area contributed by atoms with Gasteiger partial charge in [-0.15, -0.1) is 0 Å². The van der Waals surface area contributed by atoms with Crippen molar-refractivity contribution in [1.82, 2.24) is 23.8 Å². The Morgan fingerprint density at radius 1 is 1.28 bits per heavy atom. The first kappa shape index (κ1) is 15.9. The second-order valence-corrected chi connectivity index (χ2v) is 6.19. The first-order valence-electron chi connectivity index (χ1n) is 7.34. The minimum Gasteiger partial charge on any atom is -0.338 e. The van der Waals surface area contributed by atoms with Gasteiger partial charge in [0.25, 0.3) is 5.91 Å². The molecular formula is C14H10F3N5O2S. The molecule has 25 heavy (non-hydrogen) atoms. The van der Waals surface area contributed by atoms with Gasteiger partial charge >= 0.3 is 12.1 Å². The molecule has 0 aliphatic carbocycles. The van der Waals surface area contributed by atoms with Crippen LogP contribution in [0.25, 0.3) is 11.0 Å². The molecule has 0 unspecified atom stereocenters. The van der Waals surface area contributed by atoms with Crippen molar-refractivity contribution in [2.45, 2.75) is 18.5 Å². The van der Waals surface area contributed by atoms with Gasteiger partial charge in [0.2, 0.25) is 0 Å². The lowest BCUT2D eigenvalue weighted by molar-refractivity contribution is -0.159. The standard InChI is InChI=1S/C14H10F3N5O2S/c15-14(16,17)13-18-11(19-24-13)8-3-4-22(6-8)12(23)7-1-2-9-10(5-7)21-25-20-9/h1-2,5,8H,3-4,6H2/t8-/m0/s1. The Morgan fingerprint density at radius 3 is 2.84 bits per heavy atom. The minimum absolute atomic E-state index is 0.0261. The summed E-state index contributed by atoms with van der Waals surface area (Å²) in [4.78, 5) is 17.6. The van der Waals surface area contributed by atoms with E-state index in [1.54, 1.807) is 23.1 Å². The Labute approximate surface area is 142 Å². The van der Waals surface area contributed by atoms with E-state index in [0.717, 1.165) is 11.7 Å². The molecule has 0 spiro atoms. The molecule has 1 saturated heterocycles. The third kappa shape index (κ3) is 2.95. The molecule has 4 rings (SSSR count). The molecule has 2 aromatic heterocycles. The predicted molar refractivity (Wildman–Crippen MR) is 80.0 cm³/mol. The molecule has 1 aromatic carbocycles. The number of benzene rings is 1. The van der Waals surface area contributed by atoms with Crippen molar-refractivity contribution < 1.29 is 22.5 Å². The highest BCUT2D eigenvalue weighted by Crippen LogP contribution is 2.31. The molecule has 0 radical (unpaired) electrons. The Bertz CT molecular complexity index is 938. The molecule has 0 N–H and O–H groups in total. The molecule has 7 nitrogen and oxygen atoms in total. The second kappa shape index (κ2) is 5.76. The number of carbonyl (C=O) groups excluding carboxylic acids is 1. The Hall–Kier alpha value is -2.56. The largest absolute Gasteiger partial charge is 0.471 e. The third-order valence-electron chi connectivity index (χ3n) is 4.03. The van der Waals surface area contributed by atoms with Crippen LogP contribution in [0.1, 0.15) is 34.4 Å². The maximum atomic E-state index is 12.6. The fraction of sp³-hybridized carbons (Fsp3) is 0.357. The molecule has 3 heterocycles. The summed E-state index contributed by atoms with van der Waals surface area (Å²) in [6.45, 7) is 0.649. The van der Waals surface area contributed by atoms with Crippen molar-refractivity contribution in [2.75, 3.05) is 13.1 Å². The third-order valence-corrected chi connectivity index (χ3v) is 4.58. The zero-order valence-electron chi connectivity index (χ0n) is 12.5. The quantitative estimate of drug-likeness (QED) is 0.691. The van der Waals surface area contributed by atoms with Crippen LogP contribution >= 0.6 is 11.7 Å². The van der Waals surface area contributed by atoms with E-state index in [9.17, 15) is 18.0 Å². The molecule has 0 saturated carbocycles. The van der Waals surface area contributed by atoms with Crippen LogP contribution in [-0.4, -0.2) is 42.8 Å². The van der Waals surface area contributed by atoms with Crippen molar-refractivity contribution in [1.29, 1.82) is 0 Å². The van der Waals surface area contributed by atoms with Gasteiger partial charge in [0.05, 0.1) is 11.7 Å². The maximum absolute atomic E-state index is 12.6. The summed E-state index contributed by atoms with van der Waals surface area (Å²) in [5.74, 6) is -1.99. The van der Waals surface area contributed by atoms with Crippen molar-refractivity contribution >= 4 is 28.7 Å². The SMILES string of the molecule is O=C(c1ccc2nsnc2c1)N1CC[C@H](c2noc(C(F)(F)F)n2)C1. The van der Waals surface area contributed by atoms with Gasteiger partial charge in [-0.05, 0) is 24.6 Å². The van der Waals surface area contributed by atoms with E-state index in [1.165, 1.54) is 0 Å². The highest BCUT2D eigenvalue weighted by molar-refractivity contribution is 7.00. The van der Waals surface area contributed by atoms with Gasteiger partial charge in [0.1, 0.15) is 11.0 Å². The van der Waals surface area contributed by atoms with Crippen LogP contribution in [0.4, 0.5) is 13.2 Å². The number of nitrogens with zero attached hydrogens (tertiary/aromatic N) is 5. The molecule has 11 heteroatoms. The Kier molecular flexibility index (Phi) is 3.67. The molecule has 130 valence electrons. The van der Waals surface area contributed by atoms with E-state index in [-0.39, 0.29) is 24.2 Å². The first-order chi connectivity index (χ1) is 11.9. The van der Waals surface area contributed by atoms with E-state index >= 15 is 0 Å². The molecule has 0 bridgehead atoms. The molecule has 1 aliphatic rings. The summed E-state index contributed by atoms with van der Waals surface area (Å²) >= 11 is 1.06. The first-order valence-corrected chi connectivity index (χ1v) is 8.07. The van der Waals surface area contributed by atoms with Crippen LogP contribution in [0.2, 0.25) is 0 Å². The van der Waals surface area contributed by atoms with E-state index in [4.69, 9.17) is 0 Å². The number of fused-ring (bicyclic) bond motifs is 1. The number of hydrogen-bond donors (Lipinski definition) is 0. The smallest absolute Gasteiger partial charge is 0.338 e. The van der Waals surface area contributed by atoms with Crippen LogP contribution in [0, 0.1) is 0 Å². The number of halogens is 3. The van der Waals surface area contributed by atoms with Crippen LogP contribution in [0.5, 0.6) is 0 Å². The van der Waals surface area contributed by atoms with Crippen LogP contribution in [-0.2, 0) is 6.18 Å². The van der Waals surface area contributed by atoms with Gasteiger partial charge in [-0.3, -0.25) is 4.79 Å². The van der Waals surface area contributed by atoms with Crippen LogP contribution in [0.15, 0.2) is 22.7 Å². The predicted octanol–water partition coefficient (Wildman–Crippen LogP) is 2.72. The van der Waals surface area contributed by atoms with Gasteiger partial charge in [-0.1, -0.05) is 5.16 Å². The number of carbonyl (C=O) groups is 1. The van der Waals surface area contributed by atoms with E-state index in [1.807, 2.05) is 0 Å². The highest BCUT2D eigenvalue weighted by atomic mass is 32.1. The topological polar surface area (TPSA) is 85.0 Å². The monoisotopic (exact) mass is 369 g/mol. The van der Waals surface area contributed by atoms with Crippen molar-refractivity contribution in [3.05, 3.63) is 35.5 Å². The number of likely N-dealkylation sites (tertiary alicyclic amines) is 1. The van der Waals surface area contributed by atoms with Crippen molar-refractivity contribution in [3.63, 3.8) is 0 Å². The molecular weight excluding hydrogens is 359 g/mol. The van der Waals surface area contributed by atoms with E-state index < -0.39 is 12.1 Å². The average molecular weight is 369 g/mol. The Balaban J connectivity index is 1.49. The lowest BCUT2D eigenvalue weighted by Crippen LogP contribution is -2.28. The number of alkyl halides is 3. The summed E-state index contributed by atoms with van der Waals surface area (Å²) in [5.41, 5.74) is 1.82. The van der Waals surface area contributed by atoms with Gasteiger partial charge in [-0.2, -0.15) is 26.9 Å². The summed E-state index contributed by atoms with van der Waals surface area (Å²) in [6.07, 6.45) is -4.20. The fourth-order valence-corrected chi connectivity index (χ4v) is 3.29. The number of amides is 1. The van der Waals surface area contributed by atoms with Gasteiger partial charge < -0.3 is 9.42 Å². The zero-order valence-corrected chi connectivity index (χ0v) is 13.3. The van der Waals surface area contributed by atoms with Gasteiger partial charge in [0.15, 0.2) is 5.82 Å². The maximum Gasteiger partial charge on any atom is 0.471 e. The summed E-state index contributed by atoms with van der Waals surface area (Å²) < 4.78 is 50.1. The van der Waals surface area contributed by atoms with Gasteiger partial charge in [0, 0.05) is 24.6 Å². The lowest BCUT2D eigenvalue weighted by Gasteiger charge is -2.15. The summed E-state index contributed by atoms with van der Waals surface area (Å²) in [5, 5.41) is 3.40. The zero-order chi connectivity index (χ0) is 17.6. The molecule has 1 atom stereocenters. The second-order valence-electron chi connectivity index (χ2n) is 5.66. The normalized spacial score (nSPS) is 18.2. The molecule has 1 fully saturated rings. The van der Waals surface area contributed by atoms with Crippen molar-refractivity contribution in [3.8, 4) is 0 Å². The summed E-state index contributed by atoms with van der Waals surface area (Å²) in [7, 11) is 0. The lowest BCUT2D eigenvalue weighted by atomic mass is 10.1. The Morgan fingerprint density at radius 2 is 2.08 bits per heavy atom. The van der Waals surface area contributed by atoms with Crippen molar-refractivity contribution in [2.24, 2.45) is 0 Å². The minimum atomic E-state index is -4.67. The molecule has 1 amide bonds. The molecule has 1 aliphatic heterocycles. The van der Waals surface area contributed by atoms with Gasteiger partial charge in [-0.25, -0.2) is 0 Å². The summed E-state index contributed by atoms with van der Waals surface area (Å²) in [6, 6.07) is 5.04. The van der Waals surface area contributed by atoms with E-state index in [2.05, 4.69) is 23.4 Å². The van der Waals surface area contributed by atoms with Crippen LogP contribution < -0.4 is 0 Å². The molecule has 3 aromatic rings. The highest BCUT2D eigenvalue weighted by Gasteiger charge is 2.40. The average Bonchev–Trinajstić information content (AvgIpc) is 3.30. The number of rotatable bonds is 2. The van der Waals surface area contributed by atoms with Crippen LogP contribution in [0.3, 0.4) is 0 Å². The fourth-order valence-electron chi connectivity index (χ4n) is 2.77. The number of aromatic nitrogens is 4. The van der Waals surface area contributed by atoms with E-state index in [0.29, 0.717) is 29.6 Å².